The van der Waals surface area contributed by atoms with Crippen molar-refractivity contribution in [2.45, 2.75) is 44.6 Å². The molecule has 110 valence electrons. The summed E-state index contributed by atoms with van der Waals surface area (Å²) in [6, 6.07) is 0.414. The zero-order valence-corrected chi connectivity index (χ0v) is 12.1. The number of hydrogen-bond acceptors (Lipinski definition) is 4. The van der Waals surface area contributed by atoms with Crippen LogP contribution in [0.25, 0.3) is 0 Å². The third-order valence-corrected chi connectivity index (χ3v) is 4.23. The molecule has 0 atom stereocenters. The summed E-state index contributed by atoms with van der Waals surface area (Å²) < 4.78 is 1.82. The lowest BCUT2D eigenvalue weighted by molar-refractivity contribution is 0.296. The molecule has 0 spiro atoms. The first-order valence-electron chi connectivity index (χ1n) is 7.88. The minimum absolute atomic E-state index is 0.0332. The summed E-state index contributed by atoms with van der Waals surface area (Å²) in [6.45, 7) is 4.18. The Morgan fingerprint density at radius 2 is 1.95 bits per heavy atom. The van der Waals surface area contributed by atoms with E-state index in [-0.39, 0.29) is 5.56 Å². The molecule has 2 aliphatic rings. The Bertz CT molecular complexity index is 487. The molecule has 1 saturated heterocycles. The van der Waals surface area contributed by atoms with E-state index in [4.69, 9.17) is 0 Å². The molecule has 20 heavy (non-hydrogen) atoms. The molecular formula is C15H24N4O. The predicted molar refractivity (Wildman–Crippen MR) is 80.2 cm³/mol. The van der Waals surface area contributed by atoms with Crippen molar-refractivity contribution in [1.29, 1.82) is 0 Å². The number of anilines is 1. The molecule has 0 amide bonds. The van der Waals surface area contributed by atoms with E-state index in [1.54, 1.807) is 12.4 Å². The molecule has 0 radical (unpaired) electrons. The summed E-state index contributed by atoms with van der Waals surface area (Å²) in [5.41, 5.74) is 0.0332. The van der Waals surface area contributed by atoms with Crippen LogP contribution in [0, 0.1) is 0 Å². The molecule has 1 N–H and O–H groups in total. The molecule has 3 rings (SSSR count). The van der Waals surface area contributed by atoms with E-state index in [0.717, 1.165) is 25.9 Å². The Hall–Kier alpha value is -1.36. The topological polar surface area (TPSA) is 50.2 Å². The summed E-state index contributed by atoms with van der Waals surface area (Å²) in [7, 11) is 0. The van der Waals surface area contributed by atoms with Crippen LogP contribution in [0.15, 0.2) is 17.2 Å². The average molecular weight is 276 g/mol. The van der Waals surface area contributed by atoms with Gasteiger partial charge in [0.1, 0.15) is 0 Å². The van der Waals surface area contributed by atoms with Crippen LogP contribution in [0.2, 0.25) is 0 Å². The fraction of sp³-hybridized carbons (Fsp3) is 0.733. The maximum atomic E-state index is 12.2. The van der Waals surface area contributed by atoms with Crippen LogP contribution >= 0.6 is 0 Å². The molecule has 5 nitrogen and oxygen atoms in total. The quantitative estimate of drug-likeness (QED) is 0.892. The summed E-state index contributed by atoms with van der Waals surface area (Å²) in [6.07, 6.45) is 11.1. The first kappa shape index (κ1) is 13.6. The van der Waals surface area contributed by atoms with Gasteiger partial charge in [-0.15, -0.1) is 0 Å². The Labute approximate surface area is 120 Å². The van der Waals surface area contributed by atoms with Crippen molar-refractivity contribution in [3.05, 3.63) is 22.7 Å². The van der Waals surface area contributed by atoms with Gasteiger partial charge in [-0.05, 0) is 38.8 Å². The van der Waals surface area contributed by atoms with Gasteiger partial charge in [0, 0.05) is 31.5 Å². The van der Waals surface area contributed by atoms with Crippen LogP contribution in [0.3, 0.4) is 0 Å². The van der Waals surface area contributed by atoms with Gasteiger partial charge in [-0.25, -0.2) is 4.98 Å². The Balaban J connectivity index is 1.53. The highest BCUT2D eigenvalue weighted by Crippen LogP contribution is 2.33. The minimum atomic E-state index is 0.0332. The maximum absolute atomic E-state index is 12.2. The van der Waals surface area contributed by atoms with E-state index >= 15 is 0 Å². The van der Waals surface area contributed by atoms with Crippen molar-refractivity contribution in [2.75, 3.05) is 31.5 Å². The van der Waals surface area contributed by atoms with Gasteiger partial charge in [0.2, 0.25) is 0 Å². The molecule has 5 heteroatoms. The molecular weight excluding hydrogens is 252 g/mol. The van der Waals surface area contributed by atoms with E-state index in [1.807, 2.05) is 4.57 Å². The standard InChI is InChI=1S/C15H24N4O/c20-15-14(17-8-12-19(15)13-5-6-13)16-7-11-18-9-3-1-2-4-10-18/h8,12-13H,1-7,9-11H2,(H,16,17). The lowest BCUT2D eigenvalue weighted by Crippen LogP contribution is -2.32. The normalized spacial score (nSPS) is 20.6. The largest absolute Gasteiger partial charge is 0.364 e. The third-order valence-electron chi connectivity index (χ3n) is 4.23. The van der Waals surface area contributed by atoms with Crippen molar-refractivity contribution in [3.63, 3.8) is 0 Å². The van der Waals surface area contributed by atoms with Gasteiger partial charge in [-0.2, -0.15) is 0 Å². The second-order valence-electron chi connectivity index (χ2n) is 5.90. The van der Waals surface area contributed by atoms with E-state index in [9.17, 15) is 4.79 Å². The van der Waals surface area contributed by atoms with E-state index < -0.39 is 0 Å². The Kier molecular flexibility index (Phi) is 4.35. The molecule has 1 aliphatic carbocycles. The third kappa shape index (κ3) is 3.39. The fourth-order valence-corrected chi connectivity index (χ4v) is 2.88. The molecule has 1 aromatic rings. The SMILES string of the molecule is O=c1c(NCCN2CCCCCC2)nccn1C1CC1. The van der Waals surface area contributed by atoms with Gasteiger partial charge >= 0.3 is 0 Å². The van der Waals surface area contributed by atoms with Crippen LogP contribution in [-0.2, 0) is 0 Å². The summed E-state index contributed by atoms with van der Waals surface area (Å²) in [4.78, 5) is 18.9. The van der Waals surface area contributed by atoms with E-state index in [0.29, 0.717) is 11.9 Å². The molecule has 0 aromatic carbocycles. The average Bonchev–Trinajstić information content (AvgIpc) is 3.27. The molecule has 2 heterocycles. The Morgan fingerprint density at radius 3 is 2.65 bits per heavy atom. The van der Waals surface area contributed by atoms with Crippen LogP contribution in [0.5, 0.6) is 0 Å². The van der Waals surface area contributed by atoms with Gasteiger partial charge < -0.3 is 14.8 Å². The molecule has 1 aliphatic heterocycles. The van der Waals surface area contributed by atoms with Gasteiger partial charge in [-0.3, -0.25) is 4.79 Å². The summed E-state index contributed by atoms with van der Waals surface area (Å²) in [5, 5.41) is 3.22. The molecule has 0 bridgehead atoms. The fourth-order valence-electron chi connectivity index (χ4n) is 2.88. The van der Waals surface area contributed by atoms with Gasteiger partial charge in [-0.1, -0.05) is 12.8 Å². The molecule has 0 unspecified atom stereocenters. The van der Waals surface area contributed by atoms with Gasteiger partial charge in [0.15, 0.2) is 5.82 Å². The smallest absolute Gasteiger partial charge is 0.293 e. The lowest BCUT2D eigenvalue weighted by Gasteiger charge is -2.19. The van der Waals surface area contributed by atoms with Crippen molar-refractivity contribution in [1.82, 2.24) is 14.5 Å². The molecule has 2 fully saturated rings. The van der Waals surface area contributed by atoms with Crippen molar-refractivity contribution >= 4 is 5.82 Å². The van der Waals surface area contributed by atoms with Gasteiger partial charge in [0.25, 0.3) is 5.56 Å². The highest BCUT2D eigenvalue weighted by molar-refractivity contribution is 5.31. The number of aromatic nitrogens is 2. The minimum Gasteiger partial charge on any atom is -0.364 e. The predicted octanol–water partition coefficient (Wildman–Crippen LogP) is 1.87. The zero-order chi connectivity index (χ0) is 13.8. The number of nitrogens with one attached hydrogen (secondary N) is 1. The number of likely N-dealkylation sites (tertiary alicyclic amines) is 1. The second-order valence-corrected chi connectivity index (χ2v) is 5.90. The lowest BCUT2D eigenvalue weighted by atomic mass is 10.2. The second kappa shape index (κ2) is 6.39. The number of rotatable bonds is 5. The highest BCUT2D eigenvalue weighted by Gasteiger charge is 2.25. The Morgan fingerprint density at radius 1 is 1.20 bits per heavy atom. The maximum Gasteiger partial charge on any atom is 0.293 e. The number of hydrogen-bond donors (Lipinski definition) is 1. The molecule has 1 saturated carbocycles. The zero-order valence-electron chi connectivity index (χ0n) is 12.1. The van der Waals surface area contributed by atoms with E-state index in [2.05, 4.69) is 15.2 Å². The van der Waals surface area contributed by atoms with Crippen LogP contribution in [0.4, 0.5) is 5.82 Å². The summed E-state index contributed by atoms with van der Waals surface area (Å²) in [5.74, 6) is 0.509. The van der Waals surface area contributed by atoms with Crippen LogP contribution < -0.4 is 10.9 Å². The van der Waals surface area contributed by atoms with Crippen molar-refractivity contribution in [3.8, 4) is 0 Å². The van der Waals surface area contributed by atoms with Crippen LogP contribution in [0.1, 0.15) is 44.6 Å². The van der Waals surface area contributed by atoms with E-state index in [1.165, 1.54) is 38.8 Å². The first-order chi connectivity index (χ1) is 9.84. The van der Waals surface area contributed by atoms with Crippen LogP contribution in [-0.4, -0.2) is 40.6 Å². The monoisotopic (exact) mass is 276 g/mol. The highest BCUT2D eigenvalue weighted by atomic mass is 16.1. The van der Waals surface area contributed by atoms with Crippen molar-refractivity contribution in [2.24, 2.45) is 0 Å². The van der Waals surface area contributed by atoms with Crippen molar-refractivity contribution < 1.29 is 0 Å². The number of nitrogens with zero attached hydrogens (tertiary/aromatic N) is 3. The molecule has 1 aromatic heterocycles. The first-order valence-corrected chi connectivity index (χ1v) is 7.88. The summed E-state index contributed by atoms with van der Waals surface area (Å²) >= 11 is 0. The van der Waals surface area contributed by atoms with Gasteiger partial charge in [0.05, 0.1) is 0 Å².